The number of carbonyl (C=O) groups excluding carboxylic acids is 1. The van der Waals surface area contributed by atoms with E-state index in [1.165, 1.54) is 28.7 Å². The first kappa shape index (κ1) is 19.6. The number of thiophene rings is 1. The van der Waals surface area contributed by atoms with Crippen molar-refractivity contribution in [1.82, 2.24) is 14.9 Å². The number of nitrogens with zero attached hydrogens (tertiary/aromatic N) is 4. The summed E-state index contributed by atoms with van der Waals surface area (Å²) in [6.07, 6.45) is 7.53. The number of methoxy groups -OCH3 is 1. The van der Waals surface area contributed by atoms with Crippen molar-refractivity contribution >= 4 is 33.3 Å². The molecule has 28 heavy (non-hydrogen) atoms. The first-order valence-electron chi connectivity index (χ1n) is 10.5. The Bertz CT molecular complexity index is 843. The molecule has 1 saturated heterocycles. The van der Waals surface area contributed by atoms with E-state index in [1.54, 1.807) is 7.11 Å². The van der Waals surface area contributed by atoms with Gasteiger partial charge >= 0.3 is 0 Å². The van der Waals surface area contributed by atoms with Crippen molar-refractivity contribution in [2.75, 3.05) is 38.2 Å². The number of ether oxygens (including phenoxy) is 1. The largest absolute Gasteiger partial charge is 0.377 e. The van der Waals surface area contributed by atoms with Gasteiger partial charge in [-0.25, -0.2) is 9.97 Å². The summed E-state index contributed by atoms with van der Waals surface area (Å²) >= 11 is 1.83. The molecule has 0 bridgehead atoms. The summed E-state index contributed by atoms with van der Waals surface area (Å²) in [7, 11) is 1.69. The Morgan fingerprint density at radius 3 is 2.68 bits per heavy atom. The van der Waals surface area contributed by atoms with Gasteiger partial charge in [-0.15, -0.1) is 11.3 Å². The van der Waals surface area contributed by atoms with E-state index in [9.17, 15) is 4.79 Å². The van der Waals surface area contributed by atoms with Gasteiger partial charge in [0.25, 0.3) is 0 Å². The fourth-order valence-electron chi connectivity index (χ4n) is 4.26. The molecule has 3 heterocycles. The molecule has 0 spiro atoms. The molecular weight excluding hydrogens is 372 g/mol. The van der Waals surface area contributed by atoms with Crippen molar-refractivity contribution in [1.29, 1.82) is 0 Å². The van der Waals surface area contributed by atoms with Crippen LogP contribution in [0.4, 0.5) is 5.82 Å². The number of piperazine rings is 1. The van der Waals surface area contributed by atoms with Gasteiger partial charge in [0.1, 0.15) is 17.3 Å². The number of unbranched alkanes of at least 4 members (excludes halogenated alkanes) is 1. The second-order valence-corrected chi connectivity index (χ2v) is 8.84. The van der Waals surface area contributed by atoms with E-state index in [0.29, 0.717) is 18.9 Å². The number of rotatable bonds is 6. The predicted molar refractivity (Wildman–Crippen MR) is 113 cm³/mol. The quantitative estimate of drug-likeness (QED) is 0.739. The third kappa shape index (κ3) is 3.87. The van der Waals surface area contributed by atoms with Crippen molar-refractivity contribution in [2.24, 2.45) is 0 Å². The molecule has 0 N–H and O–H groups in total. The molecule has 2 aliphatic rings. The smallest absolute Gasteiger partial charge is 0.222 e. The van der Waals surface area contributed by atoms with Gasteiger partial charge in [0.15, 0.2) is 5.82 Å². The lowest BCUT2D eigenvalue weighted by atomic mass is 9.97. The maximum Gasteiger partial charge on any atom is 0.222 e. The molecule has 0 aromatic carbocycles. The highest BCUT2D eigenvalue weighted by Gasteiger charge is 2.27. The molecule has 0 atom stereocenters. The number of hydrogen-bond acceptors (Lipinski definition) is 6. The Labute approximate surface area is 170 Å². The number of aryl methyl sites for hydroxylation is 2. The summed E-state index contributed by atoms with van der Waals surface area (Å²) in [6.45, 7) is 5.79. The number of anilines is 1. The van der Waals surface area contributed by atoms with Crippen molar-refractivity contribution in [3.63, 3.8) is 0 Å². The van der Waals surface area contributed by atoms with Gasteiger partial charge in [-0.1, -0.05) is 13.3 Å². The van der Waals surface area contributed by atoms with Crippen LogP contribution in [-0.2, 0) is 29.0 Å². The average Bonchev–Trinajstić information content (AvgIpc) is 3.10. The van der Waals surface area contributed by atoms with Crippen molar-refractivity contribution in [2.45, 2.75) is 58.5 Å². The third-order valence-corrected chi connectivity index (χ3v) is 6.98. The Morgan fingerprint density at radius 1 is 1.14 bits per heavy atom. The van der Waals surface area contributed by atoms with Gasteiger partial charge < -0.3 is 14.5 Å². The van der Waals surface area contributed by atoms with Gasteiger partial charge in [-0.3, -0.25) is 4.79 Å². The molecule has 6 nitrogen and oxygen atoms in total. The van der Waals surface area contributed by atoms with Crippen LogP contribution in [0.1, 0.15) is 55.3 Å². The highest BCUT2D eigenvalue weighted by Crippen LogP contribution is 2.40. The zero-order valence-electron chi connectivity index (χ0n) is 17.0. The first-order chi connectivity index (χ1) is 13.7. The van der Waals surface area contributed by atoms with E-state index in [2.05, 4.69) is 11.8 Å². The van der Waals surface area contributed by atoms with Crippen molar-refractivity contribution in [3.8, 4) is 0 Å². The normalized spacial score (nSPS) is 17.2. The van der Waals surface area contributed by atoms with Crippen LogP contribution >= 0.6 is 11.3 Å². The SMILES string of the molecule is CCCCC(=O)N1CCN(c2nc(COC)nc3sc4c(c23)CCCC4)CC1. The Balaban J connectivity index is 1.61. The van der Waals surface area contributed by atoms with Gasteiger partial charge in [-0.05, 0) is 37.7 Å². The minimum atomic E-state index is 0.294. The van der Waals surface area contributed by atoms with E-state index < -0.39 is 0 Å². The van der Waals surface area contributed by atoms with Crippen LogP contribution < -0.4 is 4.90 Å². The summed E-state index contributed by atoms with van der Waals surface area (Å²) in [5.74, 6) is 2.10. The van der Waals surface area contributed by atoms with E-state index >= 15 is 0 Å². The minimum absolute atomic E-state index is 0.294. The maximum atomic E-state index is 12.4. The standard InChI is InChI=1S/C21H30N4O2S/c1-3-4-9-18(26)24-10-12-25(13-11-24)20-19-15-7-5-6-8-16(15)28-21(19)23-17(22-20)14-27-2/h3-14H2,1-2H3. The monoisotopic (exact) mass is 402 g/mol. The van der Waals surface area contributed by atoms with Crippen LogP contribution in [0, 0.1) is 0 Å². The van der Waals surface area contributed by atoms with Crippen molar-refractivity contribution < 1.29 is 9.53 Å². The number of fused-ring (bicyclic) bond motifs is 3. The molecule has 1 aliphatic heterocycles. The van der Waals surface area contributed by atoms with Gasteiger partial charge in [-0.2, -0.15) is 0 Å². The number of hydrogen-bond donors (Lipinski definition) is 0. The van der Waals surface area contributed by atoms with Crippen LogP contribution in [0.25, 0.3) is 10.2 Å². The fourth-order valence-corrected chi connectivity index (χ4v) is 5.53. The van der Waals surface area contributed by atoms with Gasteiger partial charge in [0.2, 0.25) is 5.91 Å². The molecule has 2 aromatic rings. The highest BCUT2D eigenvalue weighted by molar-refractivity contribution is 7.19. The molecular formula is C21H30N4O2S. The maximum absolute atomic E-state index is 12.4. The van der Waals surface area contributed by atoms with Gasteiger partial charge in [0.05, 0.1) is 5.39 Å². The van der Waals surface area contributed by atoms with E-state index in [4.69, 9.17) is 14.7 Å². The molecule has 1 amide bonds. The summed E-state index contributed by atoms with van der Waals surface area (Å²) in [5.41, 5.74) is 1.46. The van der Waals surface area contributed by atoms with Crippen LogP contribution in [0.2, 0.25) is 0 Å². The number of amides is 1. The highest BCUT2D eigenvalue weighted by atomic mass is 32.1. The lowest BCUT2D eigenvalue weighted by molar-refractivity contribution is -0.131. The average molecular weight is 403 g/mol. The molecule has 2 aromatic heterocycles. The lowest BCUT2D eigenvalue weighted by Crippen LogP contribution is -2.49. The molecule has 0 saturated carbocycles. The van der Waals surface area contributed by atoms with E-state index in [-0.39, 0.29) is 0 Å². The number of carbonyl (C=O) groups is 1. The summed E-state index contributed by atoms with van der Waals surface area (Å²) in [5, 5.41) is 1.25. The van der Waals surface area contributed by atoms with Crippen LogP contribution in [0.5, 0.6) is 0 Å². The van der Waals surface area contributed by atoms with E-state index in [0.717, 1.165) is 68.3 Å². The Hall–Kier alpha value is -1.73. The molecule has 0 unspecified atom stereocenters. The zero-order valence-corrected chi connectivity index (χ0v) is 17.8. The second kappa shape index (κ2) is 8.74. The molecule has 0 radical (unpaired) electrons. The van der Waals surface area contributed by atoms with Crippen LogP contribution in [0.3, 0.4) is 0 Å². The lowest BCUT2D eigenvalue weighted by Gasteiger charge is -2.36. The first-order valence-corrected chi connectivity index (χ1v) is 11.4. The zero-order chi connectivity index (χ0) is 19.5. The fraction of sp³-hybridized carbons (Fsp3) is 0.667. The Morgan fingerprint density at radius 2 is 1.93 bits per heavy atom. The van der Waals surface area contributed by atoms with Crippen molar-refractivity contribution in [3.05, 3.63) is 16.3 Å². The second-order valence-electron chi connectivity index (χ2n) is 7.76. The summed E-state index contributed by atoms with van der Waals surface area (Å²) in [6, 6.07) is 0. The summed E-state index contributed by atoms with van der Waals surface area (Å²) in [4.78, 5) is 29.0. The van der Waals surface area contributed by atoms with E-state index in [1.807, 2.05) is 16.2 Å². The predicted octanol–water partition coefficient (Wildman–Crippen LogP) is 3.56. The minimum Gasteiger partial charge on any atom is -0.377 e. The molecule has 7 heteroatoms. The molecule has 4 rings (SSSR count). The van der Waals surface area contributed by atoms with Gasteiger partial charge in [0, 0.05) is 44.6 Å². The summed E-state index contributed by atoms with van der Waals surface area (Å²) < 4.78 is 5.32. The topological polar surface area (TPSA) is 58.6 Å². The molecule has 1 fully saturated rings. The number of aromatic nitrogens is 2. The van der Waals surface area contributed by atoms with Crippen LogP contribution in [-0.4, -0.2) is 54.1 Å². The third-order valence-electron chi connectivity index (χ3n) is 5.79. The van der Waals surface area contributed by atoms with Crippen LogP contribution in [0.15, 0.2) is 0 Å². The Kier molecular flexibility index (Phi) is 6.11. The molecule has 1 aliphatic carbocycles. The molecule has 152 valence electrons.